The Morgan fingerprint density at radius 1 is 1.08 bits per heavy atom. The highest BCUT2D eigenvalue weighted by Gasteiger charge is 2.07. The van der Waals surface area contributed by atoms with Gasteiger partial charge in [-0.2, -0.15) is 8.75 Å². The van der Waals surface area contributed by atoms with Crippen molar-refractivity contribution in [3.63, 3.8) is 0 Å². The predicted molar refractivity (Wildman–Crippen MR) is 96.3 cm³/mol. The molecule has 0 radical (unpaired) electrons. The summed E-state index contributed by atoms with van der Waals surface area (Å²) in [5, 5.41) is 4.21. The molecular formula is C18H16N4OS. The van der Waals surface area contributed by atoms with Crippen LogP contribution in [0.2, 0.25) is 0 Å². The van der Waals surface area contributed by atoms with Crippen LogP contribution in [0.25, 0.3) is 21.9 Å². The molecule has 1 amide bonds. The number of carbonyl (C=O) groups excluding carboxylic acids is 1. The standard InChI is InChI=1S/C18H16N4OS/c23-18(14-6-7-15-16(12-14)21-24-20-15)19-9-3-10-22-11-8-13-4-1-2-5-17(13)22/h1-2,4-8,11-12H,3,9-10H2,(H,19,23). The van der Waals surface area contributed by atoms with E-state index in [0.29, 0.717) is 12.1 Å². The zero-order valence-corrected chi connectivity index (χ0v) is 13.8. The second kappa shape index (κ2) is 6.41. The Morgan fingerprint density at radius 2 is 1.96 bits per heavy atom. The number of nitrogens with zero attached hydrogens (tertiary/aromatic N) is 3. The summed E-state index contributed by atoms with van der Waals surface area (Å²) in [6, 6.07) is 15.8. The third-order valence-electron chi connectivity index (χ3n) is 4.06. The molecule has 2 heterocycles. The van der Waals surface area contributed by atoms with E-state index in [1.165, 1.54) is 10.9 Å². The first-order chi connectivity index (χ1) is 11.8. The van der Waals surface area contributed by atoms with Gasteiger partial charge in [0.15, 0.2) is 0 Å². The van der Waals surface area contributed by atoms with Crippen molar-refractivity contribution >= 4 is 39.6 Å². The van der Waals surface area contributed by atoms with Gasteiger partial charge < -0.3 is 9.88 Å². The summed E-state index contributed by atoms with van der Waals surface area (Å²) in [7, 11) is 0. The summed E-state index contributed by atoms with van der Waals surface area (Å²) in [4.78, 5) is 12.2. The molecule has 0 saturated heterocycles. The minimum atomic E-state index is -0.0673. The largest absolute Gasteiger partial charge is 0.352 e. The number of aromatic nitrogens is 3. The zero-order chi connectivity index (χ0) is 16.4. The summed E-state index contributed by atoms with van der Waals surface area (Å²) in [6.45, 7) is 1.52. The SMILES string of the molecule is O=C(NCCCn1ccc2ccccc21)c1ccc2nsnc2c1. The Bertz CT molecular complexity index is 1000. The first kappa shape index (κ1) is 14.8. The average molecular weight is 336 g/mol. The van der Waals surface area contributed by atoms with Crippen LogP contribution in [0.1, 0.15) is 16.8 Å². The van der Waals surface area contributed by atoms with Crippen LogP contribution in [0.5, 0.6) is 0 Å². The fourth-order valence-electron chi connectivity index (χ4n) is 2.81. The van der Waals surface area contributed by atoms with Gasteiger partial charge in [0, 0.05) is 30.4 Å². The molecule has 0 spiro atoms. The van der Waals surface area contributed by atoms with Crippen LogP contribution in [0.3, 0.4) is 0 Å². The number of para-hydroxylation sites is 1. The topological polar surface area (TPSA) is 59.8 Å². The smallest absolute Gasteiger partial charge is 0.251 e. The van der Waals surface area contributed by atoms with E-state index in [4.69, 9.17) is 0 Å². The highest BCUT2D eigenvalue weighted by Crippen LogP contribution is 2.15. The van der Waals surface area contributed by atoms with Crippen molar-refractivity contribution in [3.05, 3.63) is 60.3 Å². The van der Waals surface area contributed by atoms with E-state index in [1.54, 1.807) is 12.1 Å². The van der Waals surface area contributed by atoms with E-state index in [0.717, 1.165) is 35.7 Å². The summed E-state index contributed by atoms with van der Waals surface area (Å²) < 4.78 is 10.5. The summed E-state index contributed by atoms with van der Waals surface area (Å²) in [5.41, 5.74) is 3.45. The molecule has 2 aromatic heterocycles. The lowest BCUT2D eigenvalue weighted by Crippen LogP contribution is -2.25. The maximum absolute atomic E-state index is 12.2. The molecule has 0 unspecified atom stereocenters. The van der Waals surface area contributed by atoms with Crippen LogP contribution in [0, 0.1) is 0 Å². The van der Waals surface area contributed by atoms with E-state index in [9.17, 15) is 4.79 Å². The first-order valence-electron chi connectivity index (χ1n) is 7.86. The lowest BCUT2D eigenvalue weighted by molar-refractivity contribution is 0.0953. The molecule has 24 heavy (non-hydrogen) atoms. The lowest BCUT2D eigenvalue weighted by Gasteiger charge is -2.07. The molecule has 4 rings (SSSR count). The normalized spacial score (nSPS) is 11.2. The molecule has 0 aliphatic heterocycles. The van der Waals surface area contributed by atoms with Crippen molar-refractivity contribution in [3.8, 4) is 0 Å². The molecule has 0 fully saturated rings. The fraction of sp³-hybridized carbons (Fsp3) is 0.167. The predicted octanol–water partition coefficient (Wildman–Crippen LogP) is 3.47. The number of amides is 1. The number of hydrogen-bond acceptors (Lipinski definition) is 4. The maximum Gasteiger partial charge on any atom is 0.251 e. The number of benzene rings is 2. The number of fused-ring (bicyclic) bond motifs is 2. The fourth-order valence-corrected chi connectivity index (χ4v) is 3.33. The van der Waals surface area contributed by atoms with Crippen molar-refractivity contribution in [1.82, 2.24) is 18.6 Å². The third-order valence-corrected chi connectivity index (χ3v) is 4.61. The quantitative estimate of drug-likeness (QED) is 0.568. The Kier molecular flexibility index (Phi) is 3.96. The molecule has 6 heteroatoms. The van der Waals surface area contributed by atoms with Crippen LogP contribution in [0.4, 0.5) is 0 Å². The van der Waals surface area contributed by atoms with Crippen molar-refractivity contribution in [1.29, 1.82) is 0 Å². The number of hydrogen-bond donors (Lipinski definition) is 1. The van der Waals surface area contributed by atoms with Crippen molar-refractivity contribution in [2.75, 3.05) is 6.54 Å². The molecular weight excluding hydrogens is 320 g/mol. The van der Waals surface area contributed by atoms with Crippen LogP contribution in [-0.4, -0.2) is 25.8 Å². The Hall–Kier alpha value is -2.73. The van der Waals surface area contributed by atoms with Gasteiger partial charge in [-0.15, -0.1) is 0 Å². The Morgan fingerprint density at radius 3 is 2.92 bits per heavy atom. The Labute approximate surface area is 143 Å². The lowest BCUT2D eigenvalue weighted by atomic mass is 10.2. The van der Waals surface area contributed by atoms with Gasteiger partial charge in [-0.25, -0.2) is 0 Å². The van der Waals surface area contributed by atoms with Crippen LogP contribution in [0.15, 0.2) is 54.7 Å². The van der Waals surface area contributed by atoms with Gasteiger partial charge in [0.1, 0.15) is 11.0 Å². The molecule has 0 aliphatic carbocycles. The van der Waals surface area contributed by atoms with Gasteiger partial charge in [-0.3, -0.25) is 4.79 Å². The zero-order valence-electron chi connectivity index (χ0n) is 13.0. The van der Waals surface area contributed by atoms with Gasteiger partial charge in [-0.05, 0) is 42.1 Å². The number of carbonyl (C=O) groups is 1. The molecule has 120 valence electrons. The molecule has 0 aliphatic rings. The van der Waals surface area contributed by atoms with Crippen LogP contribution in [-0.2, 0) is 6.54 Å². The van der Waals surface area contributed by atoms with E-state index in [2.05, 4.69) is 43.0 Å². The molecule has 4 aromatic rings. The third kappa shape index (κ3) is 2.88. The van der Waals surface area contributed by atoms with Crippen molar-refractivity contribution in [2.45, 2.75) is 13.0 Å². The first-order valence-corrected chi connectivity index (χ1v) is 8.59. The van der Waals surface area contributed by atoms with E-state index in [1.807, 2.05) is 18.2 Å². The second-order valence-corrected chi connectivity index (χ2v) is 6.17. The van der Waals surface area contributed by atoms with E-state index < -0.39 is 0 Å². The number of aryl methyl sites for hydroxylation is 1. The highest BCUT2D eigenvalue weighted by molar-refractivity contribution is 7.00. The number of rotatable bonds is 5. The average Bonchev–Trinajstić information content (AvgIpc) is 3.24. The molecule has 1 N–H and O–H groups in total. The molecule has 2 aromatic carbocycles. The molecule has 5 nitrogen and oxygen atoms in total. The number of nitrogens with one attached hydrogen (secondary N) is 1. The van der Waals surface area contributed by atoms with Gasteiger partial charge in [0.25, 0.3) is 5.91 Å². The van der Waals surface area contributed by atoms with Crippen molar-refractivity contribution < 1.29 is 4.79 Å². The van der Waals surface area contributed by atoms with Gasteiger partial charge in [0.05, 0.1) is 11.7 Å². The second-order valence-electron chi connectivity index (χ2n) is 5.65. The summed E-state index contributed by atoms with van der Waals surface area (Å²) >= 11 is 1.16. The van der Waals surface area contributed by atoms with Gasteiger partial charge in [-0.1, -0.05) is 18.2 Å². The minimum Gasteiger partial charge on any atom is -0.352 e. The van der Waals surface area contributed by atoms with Gasteiger partial charge in [0.2, 0.25) is 0 Å². The van der Waals surface area contributed by atoms with Crippen LogP contribution >= 0.6 is 11.7 Å². The molecule has 0 bridgehead atoms. The van der Waals surface area contributed by atoms with Crippen molar-refractivity contribution in [2.24, 2.45) is 0 Å². The highest BCUT2D eigenvalue weighted by atomic mass is 32.1. The Balaban J connectivity index is 1.34. The van der Waals surface area contributed by atoms with E-state index >= 15 is 0 Å². The monoisotopic (exact) mass is 336 g/mol. The molecule has 0 atom stereocenters. The molecule has 0 saturated carbocycles. The van der Waals surface area contributed by atoms with Gasteiger partial charge >= 0.3 is 0 Å². The summed E-state index contributed by atoms with van der Waals surface area (Å²) in [5.74, 6) is -0.0673. The van der Waals surface area contributed by atoms with Crippen LogP contribution < -0.4 is 5.32 Å². The summed E-state index contributed by atoms with van der Waals surface area (Å²) in [6.07, 6.45) is 2.97. The maximum atomic E-state index is 12.2. The van der Waals surface area contributed by atoms with E-state index in [-0.39, 0.29) is 5.91 Å². The minimum absolute atomic E-state index is 0.0673.